The van der Waals surface area contributed by atoms with Crippen molar-refractivity contribution in [3.05, 3.63) is 52.0 Å². The van der Waals surface area contributed by atoms with Crippen LogP contribution >= 0.6 is 0 Å². The quantitative estimate of drug-likeness (QED) is 0.729. The molecule has 162 valence electrons. The molecule has 0 radical (unpaired) electrons. The molecule has 3 heterocycles. The summed E-state index contributed by atoms with van der Waals surface area (Å²) in [5.74, 6) is 1.61. The standard InChI is InChI=1S/C23H34N6O/c1-23(2,3)20-7-8-21(30)29(26-20)16-15-27-11-13-28(14-12-27)17-19-9-10-24-22(25-19)18-5-4-6-18/h7-10,18H,4-6,11-17H2,1-3H3. The molecule has 1 aliphatic carbocycles. The van der Waals surface area contributed by atoms with E-state index in [9.17, 15) is 4.79 Å². The Morgan fingerprint density at radius 2 is 1.73 bits per heavy atom. The number of hydrogen-bond acceptors (Lipinski definition) is 6. The lowest BCUT2D eigenvalue weighted by molar-refractivity contribution is 0.121. The monoisotopic (exact) mass is 410 g/mol. The molecule has 0 N–H and O–H groups in total. The number of hydrogen-bond donors (Lipinski definition) is 0. The number of piperazine rings is 1. The Morgan fingerprint density at radius 3 is 2.40 bits per heavy atom. The van der Waals surface area contributed by atoms with E-state index >= 15 is 0 Å². The molecule has 2 aromatic heterocycles. The molecule has 0 amide bonds. The zero-order valence-electron chi connectivity index (χ0n) is 18.5. The Balaban J connectivity index is 1.27. The van der Waals surface area contributed by atoms with Gasteiger partial charge < -0.3 is 0 Å². The highest BCUT2D eigenvalue weighted by Gasteiger charge is 2.23. The first-order chi connectivity index (χ1) is 14.4. The summed E-state index contributed by atoms with van der Waals surface area (Å²) in [4.78, 5) is 26.4. The lowest BCUT2D eigenvalue weighted by Crippen LogP contribution is -2.47. The van der Waals surface area contributed by atoms with Crippen LogP contribution in [0.15, 0.2) is 29.2 Å². The molecule has 1 saturated carbocycles. The predicted molar refractivity (Wildman–Crippen MR) is 118 cm³/mol. The highest BCUT2D eigenvalue weighted by molar-refractivity contribution is 5.11. The molecule has 0 bridgehead atoms. The molecule has 0 atom stereocenters. The maximum Gasteiger partial charge on any atom is 0.266 e. The Morgan fingerprint density at radius 1 is 1.00 bits per heavy atom. The highest BCUT2D eigenvalue weighted by atomic mass is 16.1. The van der Waals surface area contributed by atoms with Gasteiger partial charge in [-0.1, -0.05) is 27.2 Å². The van der Waals surface area contributed by atoms with Crippen LogP contribution < -0.4 is 5.56 Å². The zero-order valence-corrected chi connectivity index (χ0v) is 18.5. The Labute approximate surface area is 179 Å². The van der Waals surface area contributed by atoms with Crippen LogP contribution in [0.1, 0.15) is 63.2 Å². The van der Waals surface area contributed by atoms with Gasteiger partial charge in [-0.05, 0) is 25.0 Å². The molecule has 30 heavy (non-hydrogen) atoms. The van der Waals surface area contributed by atoms with Gasteiger partial charge in [0, 0.05) is 62.9 Å². The molecule has 0 aromatic carbocycles. The number of rotatable bonds is 6. The van der Waals surface area contributed by atoms with Gasteiger partial charge in [-0.15, -0.1) is 0 Å². The lowest BCUT2D eigenvalue weighted by atomic mass is 9.85. The van der Waals surface area contributed by atoms with E-state index in [4.69, 9.17) is 4.98 Å². The molecule has 2 fully saturated rings. The van der Waals surface area contributed by atoms with Crippen molar-refractivity contribution in [3.63, 3.8) is 0 Å². The maximum absolute atomic E-state index is 12.2. The van der Waals surface area contributed by atoms with Crippen LogP contribution in [0.2, 0.25) is 0 Å². The summed E-state index contributed by atoms with van der Waals surface area (Å²) in [6.07, 6.45) is 5.70. The lowest BCUT2D eigenvalue weighted by Gasteiger charge is -2.34. The zero-order chi connectivity index (χ0) is 21.1. The maximum atomic E-state index is 12.2. The predicted octanol–water partition coefficient (Wildman–Crippen LogP) is 2.42. The molecule has 1 aliphatic heterocycles. The highest BCUT2D eigenvalue weighted by Crippen LogP contribution is 2.34. The van der Waals surface area contributed by atoms with Crippen LogP contribution in [0.3, 0.4) is 0 Å². The molecule has 2 aliphatic rings. The van der Waals surface area contributed by atoms with Gasteiger partial charge in [0.1, 0.15) is 5.82 Å². The van der Waals surface area contributed by atoms with Gasteiger partial charge in [-0.25, -0.2) is 14.6 Å². The summed E-state index contributed by atoms with van der Waals surface area (Å²) in [7, 11) is 0. The first kappa shape index (κ1) is 21.1. The minimum absolute atomic E-state index is 0.0207. The summed E-state index contributed by atoms with van der Waals surface area (Å²) in [6, 6.07) is 5.54. The molecule has 7 heteroatoms. The average Bonchev–Trinajstić information content (AvgIpc) is 2.66. The van der Waals surface area contributed by atoms with E-state index in [1.165, 1.54) is 19.3 Å². The molecule has 1 saturated heterocycles. The summed E-state index contributed by atoms with van der Waals surface area (Å²) >= 11 is 0. The van der Waals surface area contributed by atoms with E-state index in [0.717, 1.165) is 56.5 Å². The molecule has 2 aromatic rings. The smallest absolute Gasteiger partial charge is 0.266 e. The fraction of sp³-hybridized carbons (Fsp3) is 0.652. The van der Waals surface area contributed by atoms with Crippen molar-refractivity contribution in [2.75, 3.05) is 32.7 Å². The SMILES string of the molecule is CC(C)(C)c1ccc(=O)n(CCN2CCN(Cc3ccnc(C4CCC4)n3)CC2)n1. The Bertz CT molecular complexity index is 906. The van der Waals surface area contributed by atoms with Gasteiger partial charge in [0.2, 0.25) is 0 Å². The Kier molecular flexibility index (Phi) is 6.29. The third-order valence-electron chi connectivity index (χ3n) is 6.32. The third kappa shape index (κ3) is 5.13. The van der Waals surface area contributed by atoms with Crippen LogP contribution in [-0.4, -0.2) is 62.3 Å². The van der Waals surface area contributed by atoms with Gasteiger partial charge in [0.25, 0.3) is 5.56 Å². The average molecular weight is 411 g/mol. The summed E-state index contributed by atoms with van der Waals surface area (Å²) < 4.78 is 1.62. The Hall–Kier alpha value is -2.12. The van der Waals surface area contributed by atoms with Crippen LogP contribution in [0, 0.1) is 0 Å². The van der Waals surface area contributed by atoms with Crippen molar-refractivity contribution in [1.29, 1.82) is 0 Å². The molecule has 0 spiro atoms. The van der Waals surface area contributed by atoms with Crippen LogP contribution in [0.4, 0.5) is 0 Å². The van der Waals surface area contributed by atoms with Crippen molar-refractivity contribution >= 4 is 0 Å². The normalized spacial score (nSPS) is 19.0. The summed E-state index contributed by atoms with van der Waals surface area (Å²) in [5, 5.41) is 4.59. The minimum atomic E-state index is -0.0550. The minimum Gasteiger partial charge on any atom is -0.299 e. The van der Waals surface area contributed by atoms with Crippen molar-refractivity contribution in [2.24, 2.45) is 0 Å². The van der Waals surface area contributed by atoms with E-state index in [0.29, 0.717) is 12.5 Å². The van der Waals surface area contributed by atoms with Crippen LogP contribution in [0.5, 0.6) is 0 Å². The molecular weight excluding hydrogens is 376 g/mol. The van der Waals surface area contributed by atoms with Crippen molar-refractivity contribution in [1.82, 2.24) is 29.5 Å². The first-order valence-corrected chi connectivity index (χ1v) is 11.2. The third-order valence-corrected chi connectivity index (χ3v) is 6.32. The van der Waals surface area contributed by atoms with Gasteiger partial charge in [-0.3, -0.25) is 14.6 Å². The molecule has 0 unspecified atom stereocenters. The molecule has 7 nitrogen and oxygen atoms in total. The second kappa shape index (κ2) is 8.94. The van der Waals surface area contributed by atoms with Gasteiger partial charge in [0.05, 0.1) is 17.9 Å². The van der Waals surface area contributed by atoms with Gasteiger partial charge >= 0.3 is 0 Å². The van der Waals surface area contributed by atoms with E-state index in [-0.39, 0.29) is 11.0 Å². The van der Waals surface area contributed by atoms with E-state index in [2.05, 4.69) is 46.7 Å². The second-order valence-corrected chi connectivity index (χ2v) is 9.68. The largest absolute Gasteiger partial charge is 0.299 e. The van der Waals surface area contributed by atoms with Gasteiger partial charge in [-0.2, -0.15) is 5.10 Å². The van der Waals surface area contributed by atoms with Crippen molar-refractivity contribution < 1.29 is 0 Å². The fourth-order valence-corrected chi connectivity index (χ4v) is 4.01. The topological polar surface area (TPSA) is 67.2 Å². The molecule has 4 rings (SSSR count). The van der Waals surface area contributed by atoms with Crippen molar-refractivity contribution in [2.45, 2.75) is 64.5 Å². The summed E-state index contributed by atoms with van der Waals surface area (Å²) in [6.45, 7) is 12.8. The number of nitrogens with zero attached hydrogens (tertiary/aromatic N) is 6. The van der Waals surface area contributed by atoms with E-state index in [1.807, 2.05) is 12.3 Å². The van der Waals surface area contributed by atoms with E-state index in [1.54, 1.807) is 10.7 Å². The van der Waals surface area contributed by atoms with Crippen LogP contribution in [0.25, 0.3) is 0 Å². The number of aromatic nitrogens is 4. The van der Waals surface area contributed by atoms with Crippen LogP contribution in [-0.2, 0) is 18.5 Å². The second-order valence-electron chi connectivity index (χ2n) is 9.68. The van der Waals surface area contributed by atoms with E-state index < -0.39 is 0 Å². The first-order valence-electron chi connectivity index (χ1n) is 11.2. The summed E-state index contributed by atoms with van der Waals surface area (Å²) in [5.41, 5.74) is 2.02. The molecular formula is C23H34N6O. The van der Waals surface area contributed by atoms with Crippen molar-refractivity contribution in [3.8, 4) is 0 Å². The fourth-order valence-electron chi connectivity index (χ4n) is 4.01. The van der Waals surface area contributed by atoms with Gasteiger partial charge in [0.15, 0.2) is 0 Å².